The minimum Gasteiger partial charge on any atom is -0.340 e. The molecule has 1 amide bonds. The number of hydrogen-bond donors (Lipinski definition) is 2. The second kappa shape index (κ2) is 6.20. The third kappa shape index (κ3) is 2.95. The number of aromatic amines is 2. The number of likely N-dealkylation sites (tertiary alicyclic amines) is 1. The van der Waals surface area contributed by atoms with Crippen LogP contribution in [-0.2, 0) is 0 Å². The standard InChI is InChI=1S/C19H21N5O/c1-12-5-3-6-14(9-12)16-11-20-18(21-16)17-7-4-8-24(17)19(25)15-10-13(2)22-23-15/h3,5-6,9-11,17H,4,7-8H2,1-2H3,(H,20,21)(H,22,23)/t17-/m0/s1. The fourth-order valence-corrected chi connectivity index (χ4v) is 3.43. The molecule has 0 bridgehead atoms. The van der Waals surface area contributed by atoms with E-state index in [0.717, 1.165) is 42.2 Å². The number of imidazole rings is 1. The van der Waals surface area contributed by atoms with Crippen LogP contribution in [-0.4, -0.2) is 37.5 Å². The first-order chi connectivity index (χ1) is 12.1. The van der Waals surface area contributed by atoms with Crippen LogP contribution in [0.2, 0.25) is 0 Å². The van der Waals surface area contributed by atoms with Crippen LogP contribution in [0.15, 0.2) is 36.5 Å². The number of carbonyl (C=O) groups is 1. The lowest BCUT2D eigenvalue weighted by Gasteiger charge is -2.22. The summed E-state index contributed by atoms with van der Waals surface area (Å²) in [7, 11) is 0. The summed E-state index contributed by atoms with van der Waals surface area (Å²) in [6, 6.07) is 10.1. The maximum Gasteiger partial charge on any atom is 0.274 e. The van der Waals surface area contributed by atoms with Crippen LogP contribution in [0.4, 0.5) is 0 Å². The lowest BCUT2D eigenvalue weighted by Crippen LogP contribution is -2.31. The van der Waals surface area contributed by atoms with Gasteiger partial charge in [-0.1, -0.05) is 23.8 Å². The number of H-pyrrole nitrogens is 2. The van der Waals surface area contributed by atoms with E-state index in [1.807, 2.05) is 24.1 Å². The zero-order valence-corrected chi connectivity index (χ0v) is 14.4. The number of hydrogen-bond acceptors (Lipinski definition) is 3. The summed E-state index contributed by atoms with van der Waals surface area (Å²) in [5.74, 6) is 0.801. The van der Waals surface area contributed by atoms with Crippen LogP contribution < -0.4 is 0 Å². The molecule has 1 aliphatic rings. The van der Waals surface area contributed by atoms with E-state index in [-0.39, 0.29) is 11.9 Å². The molecule has 1 saturated heterocycles. The van der Waals surface area contributed by atoms with Gasteiger partial charge in [0.05, 0.1) is 17.9 Å². The number of amides is 1. The minimum absolute atomic E-state index is 0.0249. The number of carbonyl (C=O) groups excluding carboxylic acids is 1. The van der Waals surface area contributed by atoms with Crippen molar-refractivity contribution in [3.05, 3.63) is 59.3 Å². The molecule has 1 atom stereocenters. The molecule has 6 heteroatoms. The van der Waals surface area contributed by atoms with Crippen LogP contribution in [0.5, 0.6) is 0 Å². The van der Waals surface area contributed by atoms with Crippen molar-refractivity contribution in [3.8, 4) is 11.3 Å². The Balaban J connectivity index is 1.60. The van der Waals surface area contributed by atoms with Crippen LogP contribution in [0.3, 0.4) is 0 Å². The second-order valence-electron chi connectivity index (χ2n) is 6.64. The number of rotatable bonds is 3. The maximum absolute atomic E-state index is 12.8. The molecule has 2 aromatic heterocycles. The minimum atomic E-state index is -0.0413. The van der Waals surface area contributed by atoms with E-state index in [1.165, 1.54) is 5.56 Å². The molecule has 1 aromatic carbocycles. The van der Waals surface area contributed by atoms with Gasteiger partial charge >= 0.3 is 0 Å². The van der Waals surface area contributed by atoms with Gasteiger partial charge in [-0.15, -0.1) is 0 Å². The van der Waals surface area contributed by atoms with E-state index < -0.39 is 0 Å². The average molecular weight is 335 g/mol. The number of benzene rings is 1. The van der Waals surface area contributed by atoms with Crippen molar-refractivity contribution in [2.24, 2.45) is 0 Å². The normalized spacial score (nSPS) is 17.2. The second-order valence-corrected chi connectivity index (χ2v) is 6.64. The fourth-order valence-electron chi connectivity index (χ4n) is 3.43. The first-order valence-electron chi connectivity index (χ1n) is 8.57. The third-order valence-corrected chi connectivity index (χ3v) is 4.68. The Bertz CT molecular complexity index is 910. The quantitative estimate of drug-likeness (QED) is 0.770. The predicted molar refractivity (Wildman–Crippen MR) is 95.1 cm³/mol. The Kier molecular flexibility index (Phi) is 3.87. The lowest BCUT2D eigenvalue weighted by atomic mass is 10.1. The summed E-state index contributed by atoms with van der Waals surface area (Å²) >= 11 is 0. The van der Waals surface area contributed by atoms with Gasteiger partial charge in [-0.3, -0.25) is 9.89 Å². The van der Waals surface area contributed by atoms with Crippen molar-refractivity contribution >= 4 is 5.91 Å². The molecule has 128 valence electrons. The first-order valence-corrected chi connectivity index (χ1v) is 8.57. The smallest absolute Gasteiger partial charge is 0.274 e. The highest BCUT2D eigenvalue weighted by Gasteiger charge is 2.33. The topological polar surface area (TPSA) is 77.7 Å². The zero-order valence-electron chi connectivity index (χ0n) is 14.4. The summed E-state index contributed by atoms with van der Waals surface area (Å²) in [5, 5.41) is 6.94. The highest BCUT2D eigenvalue weighted by molar-refractivity contribution is 5.92. The van der Waals surface area contributed by atoms with Crippen LogP contribution >= 0.6 is 0 Å². The Morgan fingerprint density at radius 3 is 2.92 bits per heavy atom. The van der Waals surface area contributed by atoms with Gasteiger partial charge in [-0.2, -0.15) is 5.10 Å². The molecule has 1 fully saturated rings. The average Bonchev–Trinajstić information content (AvgIpc) is 3.34. The molecule has 0 unspecified atom stereocenters. The molecular weight excluding hydrogens is 314 g/mol. The van der Waals surface area contributed by atoms with Gasteiger partial charge in [0, 0.05) is 12.2 Å². The van der Waals surface area contributed by atoms with Gasteiger partial charge < -0.3 is 9.88 Å². The summed E-state index contributed by atoms with van der Waals surface area (Å²) in [5.41, 5.74) is 4.65. The number of nitrogens with one attached hydrogen (secondary N) is 2. The van der Waals surface area contributed by atoms with Crippen molar-refractivity contribution in [1.82, 2.24) is 25.1 Å². The van der Waals surface area contributed by atoms with E-state index in [1.54, 1.807) is 6.07 Å². The fraction of sp³-hybridized carbons (Fsp3) is 0.316. The molecule has 3 aromatic rings. The predicted octanol–water partition coefficient (Wildman–Crippen LogP) is 3.39. The molecule has 2 N–H and O–H groups in total. The van der Waals surface area contributed by atoms with E-state index in [4.69, 9.17) is 0 Å². The highest BCUT2D eigenvalue weighted by Crippen LogP contribution is 2.32. The zero-order chi connectivity index (χ0) is 17.4. The Hall–Kier alpha value is -2.89. The molecule has 0 aliphatic carbocycles. The maximum atomic E-state index is 12.8. The molecule has 0 saturated carbocycles. The van der Waals surface area contributed by atoms with Crippen LogP contribution in [0.25, 0.3) is 11.3 Å². The number of nitrogens with zero attached hydrogens (tertiary/aromatic N) is 3. The monoisotopic (exact) mass is 335 g/mol. The lowest BCUT2D eigenvalue weighted by molar-refractivity contribution is 0.0724. The van der Waals surface area contributed by atoms with Gasteiger partial charge in [0.2, 0.25) is 0 Å². The largest absolute Gasteiger partial charge is 0.340 e. The molecule has 0 spiro atoms. The van der Waals surface area contributed by atoms with Crippen molar-refractivity contribution in [2.75, 3.05) is 6.54 Å². The Morgan fingerprint density at radius 1 is 1.28 bits per heavy atom. The SMILES string of the molecule is Cc1cccc(-c2cnc([C@@H]3CCCN3C(=O)c3cc(C)[nH]n3)[nH]2)c1. The Labute approximate surface area is 146 Å². The van der Waals surface area contributed by atoms with E-state index in [9.17, 15) is 4.79 Å². The molecule has 0 radical (unpaired) electrons. The molecular formula is C19H21N5O. The number of aryl methyl sites for hydroxylation is 2. The van der Waals surface area contributed by atoms with Crippen molar-refractivity contribution in [3.63, 3.8) is 0 Å². The van der Waals surface area contributed by atoms with Crippen molar-refractivity contribution in [1.29, 1.82) is 0 Å². The van der Waals surface area contributed by atoms with E-state index >= 15 is 0 Å². The van der Waals surface area contributed by atoms with Crippen molar-refractivity contribution < 1.29 is 4.79 Å². The first kappa shape index (κ1) is 15.6. The van der Waals surface area contributed by atoms with Gasteiger partial charge in [0.15, 0.2) is 0 Å². The molecule has 1 aliphatic heterocycles. The van der Waals surface area contributed by atoms with Crippen LogP contribution in [0.1, 0.15) is 46.5 Å². The van der Waals surface area contributed by atoms with Crippen LogP contribution in [0, 0.1) is 13.8 Å². The molecule has 25 heavy (non-hydrogen) atoms. The molecule has 4 rings (SSSR count). The molecule has 3 heterocycles. The summed E-state index contributed by atoms with van der Waals surface area (Å²) < 4.78 is 0. The van der Waals surface area contributed by atoms with Gasteiger partial charge in [0.1, 0.15) is 11.5 Å². The Morgan fingerprint density at radius 2 is 2.16 bits per heavy atom. The summed E-state index contributed by atoms with van der Waals surface area (Å²) in [4.78, 5) is 22.6. The summed E-state index contributed by atoms with van der Waals surface area (Å²) in [6.07, 6.45) is 3.74. The number of aromatic nitrogens is 4. The third-order valence-electron chi connectivity index (χ3n) is 4.68. The van der Waals surface area contributed by atoms with Crippen molar-refractivity contribution in [2.45, 2.75) is 32.7 Å². The van der Waals surface area contributed by atoms with Gasteiger partial charge in [0.25, 0.3) is 5.91 Å². The van der Waals surface area contributed by atoms with Gasteiger partial charge in [-0.05, 0) is 44.4 Å². The molecule has 6 nitrogen and oxygen atoms in total. The highest BCUT2D eigenvalue weighted by atomic mass is 16.2. The summed E-state index contributed by atoms with van der Waals surface area (Å²) in [6.45, 7) is 4.70. The van der Waals surface area contributed by atoms with Gasteiger partial charge in [-0.25, -0.2) is 4.98 Å². The van der Waals surface area contributed by atoms with E-state index in [2.05, 4.69) is 45.3 Å². The van der Waals surface area contributed by atoms with E-state index in [0.29, 0.717) is 5.69 Å².